The summed E-state index contributed by atoms with van der Waals surface area (Å²) in [5, 5.41) is 0. The molecular formula is C10H8ClF5N2O. The molecule has 106 valence electrons. The second-order valence-corrected chi connectivity index (χ2v) is 3.56. The molecule has 0 amide bonds. The van der Waals surface area contributed by atoms with Crippen molar-refractivity contribution < 1.29 is 26.7 Å². The highest BCUT2D eigenvalue weighted by molar-refractivity contribution is 6.28. The van der Waals surface area contributed by atoms with Crippen molar-refractivity contribution in [3.05, 3.63) is 23.8 Å². The van der Waals surface area contributed by atoms with Crippen molar-refractivity contribution in [3.8, 4) is 5.75 Å². The second kappa shape index (κ2) is 6.05. The molecule has 1 aromatic carbocycles. The van der Waals surface area contributed by atoms with Crippen LogP contribution >= 0.6 is 11.6 Å². The molecule has 0 aliphatic heterocycles. The zero-order valence-corrected chi connectivity index (χ0v) is 9.97. The third kappa shape index (κ3) is 4.55. The third-order valence-corrected chi connectivity index (χ3v) is 2.17. The van der Waals surface area contributed by atoms with Crippen LogP contribution in [0.3, 0.4) is 0 Å². The van der Waals surface area contributed by atoms with Crippen molar-refractivity contribution >= 4 is 23.1 Å². The van der Waals surface area contributed by atoms with Gasteiger partial charge in [-0.1, -0.05) is 0 Å². The van der Waals surface area contributed by atoms with Crippen LogP contribution in [0.5, 0.6) is 5.75 Å². The lowest BCUT2D eigenvalue weighted by Gasteiger charge is -2.13. The average molecular weight is 303 g/mol. The smallest absolute Gasteiger partial charge is 0.420 e. The zero-order valence-electron chi connectivity index (χ0n) is 9.22. The lowest BCUT2D eigenvalue weighted by molar-refractivity contribution is -0.141. The Labute approximate surface area is 109 Å². The van der Waals surface area contributed by atoms with Gasteiger partial charge in [-0.3, -0.25) is 0 Å². The standard InChI is InChI=1S/C10H8ClF5N2O/c11-4-8(17)18-5-1-2-7(19-9(12)13)6(3-5)10(14,15)16/h1-3,9H,4H2,(H2,17,18). The molecule has 0 atom stereocenters. The molecule has 0 aliphatic carbocycles. The second-order valence-electron chi connectivity index (χ2n) is 3.29. The molecule has 0 fully saturated rings. The van der Waals surface area contributed by atoms with E-state index >= 15 is 0 Å². The van der Waals surface area contributed by atoms with Crippen LogP contribution < -0.4 is 10.5 Å². The summed E-state index contributed by atoms with van der Waals surface area (Å²) in [4.78, 5) is 3.59. The maximum Gasteiger partial charge on any atom is 0.420 e. The number of nitrogens with zero attached hydrogens (tertiary/aromatic N) is 1. The highest BCUT2D eigenvalue weighted by Gasteiger charge is 2.35. The molecule has 9 heteroatoms. The van der Waals surface area contributed by atoms with E-state index in [1.54, 1.807) is 0 Å². The summed E-state index contributed by atoms with van der Waals surface area (Å²) in [7, 11) is 0. The van der Waals surface area contributed by atoms with Crippen LogP contribution in [0.4, 0.5) is 27.6 Å². The number of hydrogen-bond donors (Lipinski definition) is 1. The van der Waals surface area contributed by atoms with E-state index in [0.717, 1.165) is 12.1 Å². The Kier molecular flexibility index (Phi) is 4.93. The molecule has 0 heterocycles. The molecule has 1 aromatic rings. The molecule has 0 saturated heterocycles. The van der Waals surface area contributed by atoms with Gasteiger partial charge in [0.25, 0.3) is 0 Å². The summed E-state index contributed by atoms with van der Waals surface area (Å²) in [6.45, 7) is -3.36. The van der Waals surface area contributed by atoms with Gasteiger partial charge < -0.3 is 10.5 Å². The Morgan fingerprint density at radius 2 is 2.00 bits per heavy atom. The molecule has 2 N–H and O–H groups in total. The van der Waals surface area contributed by atoms with Gasteiger partial charge in [-0.15, -0.1) is 11.6 Å². The summed E-state index contributed by atoms with van der Waals surface area (Å²) in [5.74, 6) is -1.25. The monoisotopic (exact) mass is 302 g/mol. The average Bonchev–Trinajstić information content (AvgIpc) is 2.28. The van der Waals surface area contributed by atoms with Crippen LogP contribution in [0.1, 0.15) is 5.56 Å². The number of halogens is 6. The van der Waals surface area contributed by atoms with Gasteiger partial charge in [0.05, 0.1) is 17.1 Å². The maximum atomic E-state index is 12.7. The van der Waals surface area contributed by atoms with Crippen molar-refractivity contribution in [2.45, 2.75) is 12.8 Å². The van der Waals surface area contributed by atoms with Gasteiger partial charge in [0, 0.05) is 0 Å². The fraction of sp³-hybridized carbons (Fsp3) is 0.300. The fourth-order valence-corrected chi connectivity index (χ4v) is 1.26. The summed E-state index contributed by atoms with van der Waals surface area (Å²) < 4.78 is 65.8. The molecule has 3 nitrogen and oxygen atoms in total. The first-order valence-corrected chi connectivity index (χ1v) is 5.32. The first kappa shape index (κ1) is 15.5. The molecule has 0 spiro atoms. The number of alkyl halides is 6. The Bertz CT molecular complexity index is 475. The van der Waals surface area contributed by atoms with E-state index in [2.05, 4.69) is 9.73 Å². The molecule has 19 heavy (non-hydrogen) atoms. The van der Waals surface area contributed by atoms with Crippen LogP contribution in [0.25, 0.3) is 0 Å². The Hall–Kier alpha value is -1.57. The van der Waals surface area contributed by atoms with Crippen molar-refractivity contribution in [2.75, 3.05) is 5.88 Å². The number of ether oxygens (including phenoxy) is 1. The molecule has 0 saturated carbocycles. The minimum Gasteiger partial charge on any atom is -0.434 e. The highest BCUT2D eigenvalue weighted by atomic mass is 35.5. The lowest BCUT2D eigenvalue weighted by Crippen LogP contribution is -2.13. The van der Waals surface area contributed by atoms with Gasteiger partial charge in [-0.2, -0.15) is 22.0 Å². The van der Waals surface area contributed by atoms with E-state index in [1.165, 1.54) is 0 Å². The lowest BCUT2D eigenvalue weighted by atomic mass is 10.1. The molecule has 1 rings (SSSR count). The third-order valence-electron chi connectivity index (χ3n) is 1.89. The SMILES string of the molecule is NC(CCl)=Nc1ccc(OC(F)F)c(C(F)(F)F)c1. The van der Waals surface area contributed by atoms with Crippen LogP contribution in [-0.2, 0) is 6.18 Å². The summed E-state index contributed by atoms with van der Waals surface area (Å²) in [6, 6.07) is 2.36. The number of aliphatic imine (C=N–C) groups is 1. The predicted molar refractivity (Wildman–Crippen MR) is 60.1 cm³/mol. The Morgan fingerprint density at radius 1 is 1.37 bits per heavy atom. The summed E-state index contributed by atoms with van der Waals surface area (Å²) in [5.41, 5.74) is 3.74. The van der Waals surface area contributed by atoms with Gasteiger partial charge in [-0.05, 0) is 18.2 Å². The van der Waals surface area contributed by atoms with E-state index in [9.17, 15) is 22.0 Å². The number of amidine groups is 1. The highest BCUT2D eigenvalue weighted by Crippen LogP contribution is 2.39. The van der Waals surface area contributed by atoms with Gasteiger partial charge in [-0.25, -0.2) is 4.99 Å². The van der Waals surface area contributed by atoms with E-state index in [-0.39, 0.29) is 17.4 Å². The summed E-state index contributed by atoms with van der Waals surface area (Å²) >= 11 is 5.33. The van der Waals surface area contributed by atoms with Crippen molar-refractivity contribution in [1.82, 2.24) is 0 Å². The van der Waals surface area contributed by atoms with E-state index in [4.69, 9.17) is 17.3 Å². The van der Waals surface area contributed by atoms with Gasteiger partial charge >= 0.3 is 12.8 Å². The van der Waals surface area contributed by atoms with Crippen LogP contribution in [-0.4, -0.2) is 18.3 Å². The molecule has 0 unspecified atom stereocenters. The molecule has 0 aromatic heterocycles. The topological polar surface area (TPSA) is 47.6 Å². The number of benzene rings is 1. The van der Waals surface area contributed by atoms with Crippen LogP contribution in [0.15, 0.2) is 23.2 Å². The maximum absolute atomic E-state index is 12.7. The van der Waals surface area contributed by atoms with Crippen molar-refractivity contribution in [1.29, 1.82) is 0 Å². The van der Waals surface area contributed by atoms with Gasteiger partial charge in [0.2, 0.25) is 0 Å². The van der Waals surface area contributed by atoms with Crippen molar-refractivity contribution in [3.63, 3.8) is 0 Å². The number of nitrogens with two attached hydrogens (primary N) is 1. The predicted octanol–water partition coefficient (Wildman–Crippen LogP) is 3.53. The molecule has 0 aliphatic rings. The fourth-order valence-electron chi connectivity index (χ4n) is 1.20. The van der Waals surface area contributed by atoms with Gasteiger partial charge in [0.1, 0.15) is 11.6 Å². The summed E-state index contributed by atoms with van der Waals surface area (Å²) in [6.07, 6.45) is -4.86. The first-order valence-electron chi connectivity index (χ1n) is 4.79. The van der Waals surface area contributed by atoms with E-state index in [1.807, 2.05) is 0 Å². The number of rotatable bonds is 4. The first-order chi connectivity index (χ1) is 8.74. The molecule has 0 radical (unpaired) electrons. The molecular weight excluding hydrogens is 295 g/mol. The van der Waals surface area contributed by atoms with Crippen LogP contribution in [0, 0.1) is 0 Å². The van der Waals surface area contributed by atoms with Crippen molar-refractivity contribution in [2.24, 2.45) is 10.7 Å². The molecule has 0 bridgehead atoms. The minimum absolute atomic E-state index is 0.0997. The zero-order chi connectivity index (χ0) is 14.6. The normalized spacial score (nSPS) is 12.9. The Morgan fingerprint density at radius 3 is 2.47 bits per heavy atom. The van der Waals surface area contributed by atoms with E-state index < -0.39 is 24.1 Å². The largest absolute Gasteiger partial charge is 0.434 e. The van der Waals surface area contributed by atoms with E-state index in [0.29, 0.717) is 6.07 Å². The Balaban J connectivity index is 3.23. The minimum atomic E-state index is -4.86. The quantitative estimate of drug-likeness (QED) is 0.400. The van der Waals surface area contributed by atoms with Gasteiger partial charge in [0.15, 0.2) is 0 Å². The number of hydrogen-bond acceptors (Lipinski definition) is 2. The van der Waals surface area contributed by atoms with Crippen LogP contribution in [0.2, 0.25) is 0 Å².